The Bertz CT molecular complexity index is 250. The number of rotatable bonds is 3. The van der Waals surface area contributed by atoms with Gasteiger partial charge in [0, 0.05) is 0 Å². The van der Waals surface area contributed by atoms with Crippen molar-refractivity contribution in [3.63, 3.8) is 0 Å². The molecule has 0 fully saturated rings. The first kappa shape index (κ1) is 10.9. The maximum atomic E-state index is 9.90. The van der Waals surface area contributed by atoms with E-state index < -0.39 is 41.1 Å². The van der Waals surface area contributed by atoms with E-state index in [-0.39, 0.29) is 0 Å². The third-order valence-electron chi connectivity index (χ3n) is 0.200. The maximum absolute atomic E-state index is 9.90. The van der Waals surface area contributed by atoms with E-state index in [1.807, 2.05) is 0 Å². The molecule has 0 aromatic rings. The van der Waals surface area contributed by atoms with Crippen molar-refractivity contribution in [2.45, 2.75) is 0 Å². The standard InChI is InChI=1S/H2O6S2Se2/c1-7(2,3)9-10-8(4,5)6/h(H,1,2,3)(H,4,5,6). The summed E-state index contributed by atoms with van der Waals surface area (Å²) in [6.45, 7) is 0. The number of hydrogen-bond donors (Lipinski definition) is 2. The van der Waals surface area contributed by atoms with E-state index in [0.29, 0.717) is 0 Å². The first-order valence-electron chi connectivity index (χ1n) is 1.53. The third kappa shape index (κ3) is 8.86. The molecule has 0 saturated carbocycles. The minimum absolute atomic E-state index is 1.45. The molecule has 10 heteroatoms. The van der Waals surface area contributed by atoms with Crippen molar-refractivity contribution in [2.24, 2.45) is 0 Å². The molecule has 0 aliphatic heterocycles. The Kier molecular flexibility index (Phi) is 3.81. The van der Waals surface area contributed by atoms with Crippen LogP contribution < -0.4 is 0 Å². The van der Waals surface area contributed by atoms with Crippen LogP contribution in [0.15, 0.2) is 0 Å². The zero-order chi connectivity index (χ0) is 8.41. The summed E-state index contributed by atoms with van der Waals surface area (Å²) in [4.78, 5) is 0. The molecule has 62 valence electrons. The molecule has 6 nitrogen and oxygen atoms in total. The predicted octanol–water partition coefficient (Wildman–Crippen LogP) is -2.08. The van der Waals surface area contributed by atoms with E-state index in [2.05, 4.69) is 0 Å². The molecule has 0 aromatic heterocycles. The Morgan fingerprint density at radius 3 is 1.10 bits per heavy atom. The fourth-order valence-corrected chi connectivity index (χ4v) is 17.1. The van der Waals surface area contributed by atoms with Crippen molar-refractivity contribution < 1.29 is 25.9 Å². The van der Waals surface area contributed by atoms with E-state index >= 15 is 0 Å². The zero-order valence-corrected chi connectivity index (χ0v) is 9.22. The molecule has 0 rings (SSSR count). The average Bonchev–Trinajstić information content (AvgIpc) is 1.57. The molecule has 0 saturated heterocycles. The molecule has 0 heterocycles. The summed E-state index contributed by atoms with van der Waals surface area (Å²) in [7, 11) is -8.41. The van der Waals surface area contributed by atoms with Crippen molar-refractivity contribution in [3.05, 3.63) is 0 Å². The van der Waals surface area contributed by atoms with Crippen LogP contribution >= 0.6 is 0 Å². The van der Waals surface area contributed by atoms with Gasteiger partial charge in [-0.3, -0.25) is 0 Å². The summed E-state index contributed by atoms with van der Waals surface area (Å²) >= 11 is -2.90. The number of hydrogen-bond acceptors (Lipinski definition) is 4. The van der Waals surface area contributed by atoms with Crippen molar-refractivity contribution in [1.82, 2.24) is 0 Å². The van der Waals surface area contributed by atoms with Gasteiger partial charge in [0.15, 0.2) is 0 Å². The predicted molar refractivity (Wildman–Crippen MR) is 34.6 cm³/mol. The first-order chi connectivity index (χ1) is 4.21. The summed E-state index contributed by atoms with van der Waals surface area (Å²) in [5.41, 5.74) is 0. The van der Waals surface area contributed by atoms with Crippen LogP contribution in [-0.4, -0.2) is 50.0 Å². The van der Waals surface area contributed by atoms with Crippen molar-refractivity contribution in [2.75, 3.05) is 0 Å². The van der Waals surface area contributed by atoms with Crippen LogP contribution in [0.5, 0.6) is 0 Å². The van der Waals surface area contributed by atoms with Crippen molar-refractivity contribution >= 4 is 41.1 Å². The second-order valence-corrected chi connectivity index (χ2v) is 18.9. The van der Waals surface area contributed by atoms with Gasteiger partial charge in [0.1, 0.15) is 0 Å². The van der Waals surface area contributed by atoms with Gasteiger partial charge >= 0.3 is 67.0 Å². The van der Waals surface area contributed by atoms with Gasteiger partial charge in [-0.15, -0.1) is 0 Å². The Hall–Kier alpha value is 0.859. The molecular weight excluding hydrogens is 318 g/mol. The normalized spacial score (nSPS) is 13.4. The van der Waals surface area contributed by atoms with Gasteiger partial charge in [-0.2, -0.15) is 0 Å². The molecule has 0 spiro atoms. The second kappa shape index (κ2) is 3.50. The Morgan fingerprint density at radius 2 is 1.00 bits per heavy atom. The molecule has 0 atom stereocenters. The zero-order valence-electron chi connectivity index (χ0n) is 4.16. The first-order valence-corrected chi connectivity index (χ1v) is 12.8. The van der Waals surface area contributed by atoms with E-state index in [9.17, 15) is 16.8 Å². The van der Waals surface area contributed by atoms with E-state index in [4.69, 9.17) is 9.11 Å². The van der Waals surface area contributed by atoms with Crippen LogP contribution in [-0.2, 0) is 17.1 Å². The second-order valence-electron chi connectivity index (χ2n) is 0.992. The molecule has 2 N–H and O–H groups in total. The summed E-state index contributed by atoms with van der Waals surface area (Å²) in [5, 5.41) is 0. The fraction of sp³-hybridized carbons (Fsp3) is 0. The molecule has 0 aliphatic carbocycles. The van der Waals surface area contributed by atoms with E-state index in [1.165, 1.54) is 0 Å². The van der Waals surface area contributed by atoms with Gasteiger partial charge in [-0.1, -0.05) is 0 Å². The van der Waals surface area contributed by atoms with Crippen LogP contribution in [0.3, 0.4) is 0 Å². The van der Waals surface area contributed by atoms with Gasteiger partial charge in [-0.25, -0.2) is 0 Å². The molecular formula is H2O6S2Se2. The third-order valence-corrected chi connectivity index (χ3v) is 20.7. The Morgan fingerprint density at radius 1 is 0.800 bits per heavy atom. The molecule has 0 unspecified atom stereocenters. The van der Waals surface area contributed by atoms with Crippen LogP contribution in [0.2, 0.25) is 0 Å². The van der Waals surface area contributed by atoms with Gasteiger partial charge in [0.2, 0.25) is 0 Å². The van der Waals surface area contributed by atoms with Crippen LogP contribution in [0.1, 0.15) is 0 Å². The van der Waals surface area contributed by atoms with Gasteiger partial charge in [-0.05, 0) is 0 Å². The van der Waals surface area contributed by atoms with Gasteiger partial charge < -0.3 is 0 Å². The minimum atomic E-state index is -4.21. The van der Waals surface area contributed by atoms with Crippen molar-refractivity contribution in [3.8, 4) is 0 Å². The topological polar surface area (TPSA) is 109 Å². The van der Waals surface area contributed by atoms with E-state index in [0.717, 1.165) is 0 Å². The molecule has 0 radical (unpaired) electrons. The van der Waals surface area contributed by atoms with Crippen molar-refractivity contribution in [1.29, 1.82) is 0 Å². The van der Waals surface area contributed by atoms with Crippen LogP contribution in [0, 0.1) is 0 Å². The fourth-order valence-electron chi connectivity index (χ4n) is 0.0702. The van der Waals surface area contributed by atoms with E-state index in [1.54, 1.807) is 0 Å². The molecule has 0 aliphatic rings. The molecule has 10 heavy (non-hydrogen) atoms. The monoisotopic (exact) mass is 322 g/mol. The summed E-state index contributed by atoms with van der Waals surface area (Å²) in [6, 6.07) is 0. The Labute approximate surface area is 66.9 Å². The SMILES string of the molecule is O=S(=O)(O)[Se][Se]S(=O)(=O)O. The quantitative estimate of drug-likeness (QED) is 0.456. The average molecular weight is 320 g/mol. The van der Waals surface area contributed by atoms with Crippen LogP contribution in [0.4, 0.5) is 0 Å². The summed E-state index contributed by atoms with van der Waals surface area (Å²) < 4.78 is 55.6. The molecule has 0 bridgehead atoms. The molecule has 0 aromatic carbocycles. The van der Waals surface area contributed by atoms with Gasteiger partial charge in [0.05, 0.1) is 0 Å². The summed E-state index contributed by atoms with van der Waals surface area (Å²) in [5.74, 6) is 0. The Balaban J connectivity index is 4.05. The molecule has 0 amide bonds. The van der Waals surface area contributed by atoms with Gasteiger partial charge in [0.25, 0.3) is 0 Å². The van der Waals surface area contributed by atoms with Crippen LogP contribution in [0.25, 0.3) is 0 Å². The summed E-state index contributed by atoms with van der Waals surface area (Å²) in [6.07, 6.45) is 0.